The molecule has 2 N–H and O–H groups in total. The lowest BCUT2D eigenvalue weighted by Gasteiger charge is -2.53. The second-order valence-corrected chi connectivity index (χ2v) is 6.66. The maximum absolute atomic E-state index is 6.07. The van der Waals surface area contributed by atoms with Crippen molar-refractivity contribution in [3.63, 3.8) is 0 Å². The Morgan fingerprint density at radius 1 is 1.28 bits per heavy atom. The average Bonchev–Trinajstić information content (AvgIpc) is 2.27. The van der Waals surface area contributed by atoms with Crippen molar-refractivity contribution in [1.82, 2.24) is 0 Å². The summed E-state index contributed by atoms with van der Waals surface area (Å²) in [6.07, 6.45) is 2.35. The quantitative estimate of drug-likeness (QED) is 0.889. The predicted molar refractivity (Wildman–Crippen MR) is 75.9 cm³/mol. The highest BCUT2D eigenvalue weighted by atomic mass is 16.5. The van der Waals surface area contributed by atoms with E-state index in [0.717, 1.165) is 11.7 Å². The first-order chi connectivity index (χ1) is 8.43. The lowest BCUT2D eigenvalue weighted by Crippen LogP contribution is -2.51. The predicted octanol–water partition coefficient (Wildman–Crippen LogP) is 3.35. The van der Waals surface area contributed by atoms with Gasteiger partial charge in [-0.25, -0.2) is 0 Å². The Kier molecular flexibility index (Phi) is 3.41. The number of rotatable bonds is 3. The standard InChI is InChI=1S/C16H25NO/c1-15(2,3)12-9-16(10-12,11-17)13-7-5-6-8-14(13)18-4/h5-8,12H,9-11,17H2,1-4H3. The molecule has 0 heterocycles. The van der Waals surface area contributed by atoms with Crippen LogP contribution in [0, 0.1) is 11.3 Å². The number of hydrogen-bond donors (Lipinski definition) is 1. The molecular weight excluding hydrogens is 222 g/mol. The van der Waals surface area contributed by atoms with E-state index in [2.05, 4.69) is 32.9 Å². The molecule has 2 heteroatoms. The van der Waals surface area contributed by atoms with Crippen LogP contribution in [-0.2, 0) is 5.41 Å². The first-order valence-electron chi connectivity index (χ1n) is 6.76. The van der Waals surface area contributed by atoms with E-state index in [0.29, 0.717) is 12.0 Å². The molecule has 0 unspecified atom stereocenters. The van der Waals surface area contributed by atoms with Crippen LogP contribution in [0.5, 0.6) is 5.75 Å². The lowest BCUT2D eigenvalue weighted by molar-refractivity contribution is 0.0489. The topological polar surface area (TPSA) is 35.2 Å². The lowest BCUT2D eigenvalue weighted by atomic mass is 9.52. The minimum atomic E-state index is 0.130. The molecule has 2 nitrogen and oxygen atoms in total. The minimum Gasteiger partial charge on any atom is -0.496 e. The molecule has 1 aliphatic carbocycles. The van der Waals surface area contributed by atoms with Crippen LogP contribution >= 0.6 is 0 Å². The van der Waals surface area contributed by atoms with E-state index in [1.807, 2.05) is 12.1 Å². The third kappa shape index (κ3) is 2.14. The Labute approximate surface area is 111 Å². The Morgan fingerprint density at radius 3 is 2.39 bits per heavy atom. The van der Waals surface area contributed by atoms with Crippen molar-refractivity contribution >= 4 is 0 Å². The molecule has 0 amide bonds. The fraction of sp³-hybridized carbons (Fsp3) is 0.625. The third-order valence-corrected chi connectivity index (χ3v) is 4.57. The van der Waals surface area contributed by atoms with E-state index in [1.165, 1.54) is 18.4 Å². The van der Waals surface area contributed by atoms with Gasteiger partial charge in [0.25, 0.3) is 0 Å². The summed E-state index contributed by atoms with van der Waals surface area (Å²) in [4.78, 5) is 0. The molecule has 1 aromatic carbocycles. The molecule has 0 atom stereocenters. The summed E-state index contributed by atoms with van der Waals surface area (Å²) in [7, 11) is 1.74. The van der Waals surface area contributed by atoms with Crippen LogP contribution in [0.2, 0.25) is 0 Å². The van der Waals surface area contributed by atoms with Gasteiger partial charge in [-0.05, 0) is 30.2 Å². The third-order valence-electron chi connectivity index (χ3n) is 4.57. The van der Waals surface area contributed by atoms with Crippen molar-refractivity contribution in [3.8, 4) is 5.75 Å². The molecule has 0 aromatic heterocycles. The van der Waals surface area contributed by atoms with Gasteiger partial charge in [0.1, 0.15) is 5.75 Å². The summed E-state index contributed by atoms with van der Waals surface area (Å²) < 4.78 is 5.49. The van der Waals surface area contributed by atoms with Gasteiger partial charge < -0.3 is 10.5 Å². The molecule has 0 aliphatic heterocycles. The first-order valence-corrected chi connectivity index (χ1v) is 6.76. The second-order valence-electron chi connectivity index (χ2n) is 6.66. The van der Waals surface area contributed by atoms with E-state index < -0.39 is 0 Å². The second kappa shape index (κ2) is 4.58. The van der Waals surface area contributed by atoms with Crippen LogP contribution in [0.1, 0.15) is 39.2 Å². The average molecular weight is 247 g/mol. The zero-order chi connectivity index (χ0) is 13.4. The molecule has 1 fully saturated rings. The molecule has 2 rings (SSSR count). The highest BCUT2D eigenvalue weighted by Crippen LogP contribution is 2.55. The molecule has 18 heavy (non-hydrogen) atoms. The van der Waals surface area contributed by atoms with Crippen molar-refractivity contribution in [1.29, 1.82) is 0 Å². The number of hydrogen-bond acceptors (Lipinski definition) is 2. The summed E-state index contributed by atoms with van der Waals surface area (Å²) >= 11 is 0. The number of benzene rings is 1. The normalized spacial score (nSPS) is 27.7. The maximum atomic E-state index is 6.07. The first kappa shape index (κ1) is 13.4. The Balaban J connectivity index is 2.26. The maximum Gasteiger partial charge on any atom is 0.122 e. The highest BCUT2D eigenvalue weighted by molar-refractivity contribution is 5.42. The molecular formula is C16H25NO. The van der Waals surface area contributed by atoms with Gasteiger partial charge in [0, 0.05) is 17.5 Å². The van der Waals surface area contributed by atoms with Gasteiger partial charge in [-0.15, -0.1) is 0 Å². The van der Waals surface area contributed by atoms with Crippen LogP contribution in [0.3, 0.4) is 0 Å². The molecule has 0 spiro atoms. The Hall–Kier alpha value is -1.02. The SMILES string of the molecule is COc1ccccc1C1(CN)CC(C(C)(C)C)C1. The fourth-order valence-corrected chi connectivity index (χ4v) is 3.08. The van der Waals surface area contributed by atoms with E-state index in [4.69, 9.17) is 10.5 Å². The van der Waals surface area contributed by atoms with Gasteiger partial charge in [0.15, 0.2) is 0 Å². The van der Waals surface area contributed by atoms with Crippen LogP contribution in [-0.4, -0.2) is 13.7 Å². The summed E-state index contributed by atoms with van der Waals surface area (Å²) in [6, 6.07) is 8.31. The molecule has 1 aromatic rings. The van der Waals surface area contributed by atoms with Gasteiger partial charge in [-0.2, -0.15) is 0 Å². The molecule has 0 saturated heterocycles. The number of ether oxygens (including phenoxy) is 1. The molecule has 0 radical (unpaired) electrons. The number of nitrogens with two attached hydrogens (primary N) is 1. The van der Waals surface area contributed by atoms with Crippen LogP contribution < -0.4 is 10.5 Å². The van der Waals surface area contributed by atoms with Gasteiger partial charge in [-0.3, -0.25) is 0 Å². The molecule has 0 bridgehead atoms. The van der Waals surface area contributed by atoms with Crippen molar-refractivity contribution in [2.24, 2.45) is 17.1 Å². The van der Waals surface area contributed by atoms with Crippen LogP contribution in [0.4, 0.5) is 0 Å². The molecule has 1 aliphatic rings. The zero-order valence-electron chi connectivity index (χ0n) is 12.0. The van der Waals surface area contributed by atoms with Gasteiger partial charge in [-0.1, -0.05) is 39.0 Å². The monoisotopic (exact) mass is 247 g/mol. The van der Waals surface area contributed by atoms with Gasteiger partial charge in [0.2, 0.25) is 0 Å². The van der Waals surface area contributed by atoms with Crippen molar-refractivity contribution in [3.05, 3.63) is 29.8 Å². The van der Waals surface area contributed by atoms with E-state index in [9.17, 15) is 0 Å². The molecule has 100 valence electrons. The van der Waals surface area contributed by atoms with Gasteiger partial charge in [0.05, 0.1) is 7.11 Å². The van der Waals surface area contributed by atoms with Crippen molar-refractivity contribution in [2.45, 2.75) is 39.0 Å². The zero-order valence-corrected chi connectivity index (χ0v) is 12.0. The largest absolute Gasteiger partial charge is 0.496 e. The number of para-hydroxylation sites is 1. The highest BCUT2D eigenvalue weighted by Gasteiger charge is 2.49. The van der Waals surface area contributed by atoms with Crippen LogP contribution in [0.15, 0.2) is 24.3 Å². The summed E-state index contributed by atoms with van der Waals surface area (Å²) in [6.45, 7) is 7.67. The van der Waals surface area contributed by atoms with E-state index in [-0.39, 0.29) is 5.41 Å². The Bertz CT molecular complexity index is 413. The van der Waals surface area contributed by atoms with E-state index >= 15 is 0 Å². The summed E-state index contributed by atoms with van der Waals surface area (Å²) in [5.41, 5.74) is 7.87. The smallest absolute Gasteiger partial charge is 0.122 e. The minimum absolute atomic E-state index is 0.130. The van der Waals surface area contributed by atoms with Crippen molar-refractivity contribution < 1.29 is 4.74 Å². The van der Waals surface area contributed by atoms with Gasteiger partial charge >= 0.3 is 0 Å². The van der Waals surface area contributed by atoms with E-state index in [1.54, 1.807) is 7.11 Å². The molecule has 1 saturated carbocycles. The van der Waals surface area contributed by atoms with Crippen LogP contribution in [0.25, 0.3) is 0 Å². The number of methoxy groups -OCH3 is 1. The fourth-order valence-electron chi connectivity index (χ4n) is 3.08. The van der Waals surface area contributed by atoms with Crippen molar-refractivity contribution in [2.75, 3.05) is 13.7 Å². The summed E-state index contributed by atoms with van der Waals surface area (Å²) in [5.74, 6) is 1.74. The summed E-state index contributed by atoms with van der Waals surface area (Å²) in [5, 5.41) is 0. The Morgan fingerprint density at radius 2 is 1.89 bits per heavy atom.